The van der Waals surface area contributed by atoms with E-state index in [-0.39, 0.29) is 0 Å². The third-order valence-corrected chi connectivity index (χ3v) is 16.1. The third kappa shape index (κ3) is 12.8. The summed E-state index contributed by atoms with van der Waals surface area (Å²) in [5, 5.41) is 5.28. The summed E-state index contributed by atoms with van der Waals surface area (Å²) in [5.41, 5.74) is 12.7. The normalized spacial score (nSPS) is 11.9. The first kappa shape index (κ1) is 50.3. The van der Waals surface area contributed by atoms with Crippen LogP contribution >= 0.6 is 31.9 Å². The fraction of sp³-hybridized carbons (Fsp3) is 0.438. The van der Waals surface area contributed by atoms with Gasteiger partial charge in [0.05, 0.1) is 22.1 Å². The molecule has 2 heterocycles. The van der Waals surface area contributed by atoms with Crippen LogP contribution in [-0.4, -0.2) is 9.13 Å². The molecule has 0 aliphatic rings. The molecule has 0 aliphatic carbocycles. The van der Waals surface area contributed by atoms with Crippen molar-refractivity contribution in [1.29, 1.82) is 0 Å². The first-order valence-electron chi connectivity index (χ1n) is 27.2. The monoisotopic (exact) mass is 1030 g/mol. The molecular weight excluding hydrogens is 957 g/mol. The molecule has 0 saturated carbocycles. The molecule has 0 spiro atoms. The zero-order valence-electron chi connectivity index (χ0n) is 41.6. The number of unbranched alkanes of at least 4 members (excludes halogenated alkanes) is 22. The van der Waals surface area contributed by atoms with Crippen molar-refractivity contribution in [3.8, 4) is 22.5 Å². The summed E-state index contributed by atoms with van der Waals surface area (Å²) in [5.74, 6) is 0. The van der Waals surface area contributed by atoms with E-state index in [0.717, 1.165) is 21.8 Å². The van der Waals surface area contributed by atoms with Crippen LogP contribution in [0.4, 0.5) is 0 Å². The third-order valence-electron chi connectivity index (χ3n) is 14.8. The van der Waals surface area contributed by atoms with Crippen molar-refractivity contribution in [1.82, 2.24) is 9.13 Å². The highest BCUT2D eigenvalue weighted by Crippen LogP contribution is 2.39. The number of rotatable bonds is 29. The van der Waals surface area contributed by atoms with E-state index < -0.39 is 0 Å². The molecule has 0 atom stereocenters. The lowest BCUT2D eigenvalue weighted by atomic mass is 10.0. The number of aryl methyl sites for hydroxylation is 2. The van der Waals surface area contributed by atoms with E-state index in [0.29, 0.717) is 0 Å². The molecule has 8 rings (SSSR count). The van der Waals surface area contributed by atoms with Crippen molar-refractivity contribution < 1.29 is 0 Å². The lowest BCUT2D eigenvalue weighted by molar-refractivity contribution is 0.544. The fourth-order valence-corrected chi connectivity index (χ4v) is 12.0. The average molecular weight is 1040 g/mol. The Kier molecular flexibility index (Phi) is 19.4. The molecule has 6 aromatic carbocycles. The Morgan fingerprint density at radius 2 is 0.647 bits per heavy atom. The van der Waals surface area contributed by atoms with Crippen LogP contribution < -0.4 is 0 Å². The lowest BCUT2D eigenvalue weighted by Gasteiger charge is -2.12. The predicted molar refractivity (Wildman–Crippen MR) is 306 cm³/mol. The van der Waals surface area contributed by atoms with Gasteiger partial charge < -0.3 is 9.13 Å². The molecule has 0 bridgehead atoms. The molecule has 8 aromatic rings. The molecule has 0 amide bonds. The van der Waals surface area contributed by atoms with Gasteiger partial charge in [0, 0.05) is 41.9 Å². The van der Waals surface area contributed by atoms with Gasteiger partial charge in [0.15, 0.2) is 0 Å². The minimum Gasteiger partial charge on any atom is -0.308 e. The zero-order valence-corrected chi connectivity index (χ0v) is 44.8. The highest BCUT2D eigenvalue weighted by molar-refractivity contribution is 9.11. The van der Waals surface area contributed by atoms with Crippen molar-refractivity contribution in [2.45, 2.75) is 181 Å². The van der Waals surface area contributed by atoms with Crippen LogP contribution in [-0.2, 0) is 12.8 Å². The van der Waals surface area contributed by atoms with Gasteiger partial charge in [-0.3, -0.25) is 0 Å². The van der Waals surface area contributed by atoms with Gasteiger partial charge in [-0.25, -0.2) is 0 Å². The van der Waals surface area contributed by atoms with Gasteiger partial charge in [0.2, 0.25) is 0 Å². The largest absolute Gasteiger partial charge is 0.308 e. The molecular formula is C64H78Br2N2. The Bertz CT molecular complexity index is 2600. The van der Waals surface area contributed by atoms with E-state index >= 15 is 0 Å². The van der Waals surface area contributed by atoms with E-state index in [9.17, 15) is 0 Å². The number of para-hydroxylation sites is 2. The molecule has 0 radical (unpaired) electrons. The van der Waals surface area contributed by atoms with Gasteiger partial charge in [0.25, 0.3) is 0 Å². The Morgan fingerprint density at radius 3 is 0.985 bits per heavy atom. The van der Waals surface area contributed by atoms with Crippen LogP contribution in [0.3, 0.4) is 0 Å². The lowest BCUT2D eigenvalue weighted by Crippen LogP contribution is -1.96. The van der Waals surface area contributed by atoms with E-state index in [1.165, 1.54) is 231 Å². The van der Waals surface area contributed by atoms with Gasteiger partial charge in [-0.2, -0.15) is 0 Å². The first-order chi connectivity index (χ1) is 33.6. The minimum absolute atomic E-state index is 1.13. The Labute approximate surface area is 426 Å². The van der Waals surface area contributed by atoms with Gasteiger partial charge in [-0.15, -0.1) is 0 Å². The number of hydrogen-bond donors (Lipinski definition) is 0. The van der Waals surface area contributed by atoms with Gasteiger partial charge in [-0.1, -0.05) is 216 Å². The number of aromatic nitrogens is 2. The summed E-state index contributed by atoms with van der Waals surface area (Å²) in [4.78, 5) is 0. The van der Waals surface area contributed by atoms with Crippen LogP contribution in [0.1, 0.15) is 179 Å². The Hall–Kier alpha value is -4.12. The number of benzene rings is 6. The van der Waals surface area contributed by atoms with Crippen LogP contribution in [0, 0.1) is 0 Å². The van der Waals surface area contributed by atoms with Crippen molar-refractivity contribution in [3.63, 3.8) is 0 Å². The second-order valence-corrected chi connectivity index (χ2v) is 21.7. The number of halogens is 2. The molecule has 0 N–H and O–H groups in total. The van der Waals surface area contributed by atoms with Gasteiger partial charge >= 0.3 is 0 Å². The summed E-state index contributed by atoms with van der Waals surface area (Å²) in [6.07, 6.45) is 35.6. The molecule has 0 aliphatic heterocycles. The van der Waals surface area contributed by atoms with E-state index in [1.807, 2.05) is 0 Å². The van der Waals surface area contributed by atoms with Crippen LogP contribution in [0.15, 0.2) is 130 Å². The molecule has 358 valence electrons. The molecule has 0 fully saturated rings. The van der Waals surface area contributed by atoms with Crippen LogP contribution in [0.2, 0.25) is 0 Å². The molecule has 68 heavy (non-hydrogen) atoms. The summed E-state index contributed by atoms with van der Waals surface area (Å²) in [6, 6.07) is 46.0. The van der Waals surface area contributed by atoms with Crippen molar-refractivity contribution >= 4 is 75.5 Å². The maximum absolute atomic E-state index is 3.95. The maximum atomic E-state index is 3.95. The van der Waals surface area contributed by atoms with Gasteiger partial charge in [-0.05, 0) is 140 Å². The summed E-state index contributed by atoms with van der Waals surface area (Å²) < 4.78 is 7.14. The van der Waals surface area contributed by atoms with Crippen molar-refractivity contribution in [2.24, 2.45) is 0 Å². The number of fused-ring (bicyclic) bond motifs is 6. The molecule has 2 aromatic heterocycles. The highest BCUT2D eigenvalue weighted by Gasteiger charge is 2.18. The second kappa shape index (κ2) is 26.2. The predicted octanol–water partition coefficient (Wildman–Crippen LogP) is 21.6. The van der Waals surface area contributed by atoms with E-state index in [1.54, 1.807) is 0 Å². The van der Waals surface area contributed by atoms with Crippen molar-refractivity contribution in [2.75, 3.05) is 0 Å². The average Bonchev–Trinajstić information content (AvgIpc) is 3.88. The van der Waals surface area contributed by atoms with E-state index in [2.05, 4.69) is 176 Å². The van der Waals surface area contributed by atoms with Crippen LogP contribution in [0.5, 0.6) is 0 Å². The first-order valence-corrected chi connectivity index (χ1v) is 28.8. The fourth-order valence-electron chi connectivity index (χ4n) is 10.9. The smallest absolute Gasteiger partial charge is 0.0683 e. The summed E-state index contributed by atoms with van der Waals surface area (Å²) in [6.45, 7) is 4.60. The quantitative estimate of drug-likeness (QED) is 0.0414. The molecule has 0 unspecified atom stereocenters. The molecule has 4 heteroatoms. The summed E-state index contributed by atoms with van der Waals surface area (Å²) in [7, 11) is 0. The van der Waals surface area contributed by atoms with Crippen molar-refractivity contribution in [3.05, 3.63) is 141 Å². The topological polar surface area (TPSA) is 9.86 Å². The SMILES string of the molecule is CCCCCCCCCCCCCCc1ccc2c(c1)c1cccc(Br)c1n2-c1ccc(-c2ccc(-n3c4ccc(CCCCCCCCCCCCCC)cc4c4cccc(Br)c43)cc2)cc1. The van der Waals surface area contributed by atoms with E-state index in [4.69, 9.17) is 0 Å². The Balaban J connectivity index is 0.906. The minimum atomic E-state index is 1.13. The van der Waals surface area contributed by atoms with Crippen LogP contribution in [0.25, 0.3) is 66.1 Å². The second-order valence-electron chi connectivity index (χ2n) is 20.0. The molecule has 2 nitrogen and oxygen atoms in total. The Morgan fingerprint density at radius 1 is 0.324 bits per heavy atom. The zero-order chi connectivity index (χ0) is 46.9. The number of hydrogen-bond acceptors (Lipinski definition) is 0. The highest BCUT2D eigenvalue weighted by atomic mass is 79.9. The standard InChI is InChI=1S/C64H78Br2N2/c1-3-5-7-9-11-13-15-17-19-21-23-25-29-49-35-45-61-57(47-49)55-31-27-33-59(65)63(55)67(61)53-41-37-51(38-42-53)52-39-43-54(44-40-52)68-62-46-36-50(48-58(62)56-32-28-34-60(66)64(56)68)30-26-24-22-20-18-16-14-12-10-8-6-4-2/h27-28,31-48H,3-26,29-30H2,1-2H3. The summed E-state index contributed by atoms with van der Waals surface area (Å²) >= 11 is 7.90. The van der Waals surface area contributed by atoms with Gasteiger partial charge in [0.1, 0.15) is 0 Å². The number of nitrogens with zero attached hydrogens (tertiary/aromatic N) is 2. The molecule has 0 saturated heterocycles. The maximum Gasteiger partial charge on any atom is 0.0683 e.